The number of hydrogen-bond acceptors (Lipinski definition) is 3. The first-order valence-electron chi connectivity index (χ1n) is 10.5. The smallest absolute Gasteiger partial charge is 0.255 e. The summed E-state index contributed by atoms with van der Waals surface area (Å²) in [7, 11) is 0. The Morgan fingerprint density at radius 2 is 1.81 bits per heavy atom. The number of nitrogens with one attached hydrogen (secondary N) is 2. The second-order valence-corrected chi connectivity index (χ2v) is 7.01. The zero-order valence-electron chi connectivity index (χ0n) is 19.5. The number of nitrogens with zero attached hydrogens (tertiary/aromatic N) is 1. The van der Waals surface area contributed by atoms with Crippen molar-refractivity contribution in [3.8, 4) is 12.3 Å². The van der Waals surface area contributed by atoms with Crippen LogP contribution < -0.4 is 15.5 Å². The van der Waals surface area contributed by atoms with Gasteiger partial charge in [-0.1, -0.05) is 32.0 Å². The van der Waals surface area contributed by atoms with E-state index in [-0.39, 0.29) is 5.91 Å². The van der Waals surface area contributed by atoms with E-state index < -0.39 is 0 Å². The lowest BCUT2D eigenvalue weighted by Crippen LogP contribution is -2.16. The van der Waals surface area contributed by atoms with Gasteiger partial charge in [-0.2, -0.15) is 0 Å². The van der Waals surface area contributed by atoms with E-state index >= 15 is 0 Å². The third kappa shape index (κ3) is 11.3. The Labute approximate surface area is 193 Å². The first kappa shape index (κ1) is 28.3. The molecule has 2 N–H and O–H groups in total. The maximum Gasteiger partial charge on any atom is 0.255 e. The summed E-state index contributed by atoms with van der Waals surface area (Å²) >= 11 is 5.83. The van der Waals surface area contributed by atoms with Crippen LogP contribution in [0.3, 0.4) is 0 Å². The van der Waals surface area contributed by atoms with Crippen LogP contribution in [-0.2, 0) is 0 Å². The summed E-state index contributed by atoms with van der Waals surface area (Å²) < 4.78 is 0. The lowest BCUT2D eigenvalue weighted by Gasteiger charge is -2.20. The standard InChI is InChI=1S/C18H19ClN2O.C5H13N.C3H4/c1-4-21(5-2)17-11-10-16(12-13(17)3)20-18(22)14-6-8-15(19)9-7-14;1-3-5-6-4-2;1-3-2/h4,6-12H,1,5H2,2-3H3,(H,20,22);6H,3-5H2,1-2H3;1H,2H3. The highest BCUT2D eigenvalue weighted by Crippen LogP contribution is 2.24. The molecule has 0 radical (unpaired) electrons. The normalized spacial score (nSPS) is 9.19. The zero-order valence-corrected chi connectivity index (χ0v) is 20.2. The molecule has 168 valence electrons. The highest BCUT2D eigenvalue weighted by Gasteiger charge is 2.09. The Kier molecular flexibility index (Phi) is 15.5. The number of rotatable bonds is 8. The molecule has 0 aromatic heterocycles. The second-order valence-electron chi connectivity index (χ2n) is 6.57. The summed E-state index contributed by atoms with van der Waals surface area (Å²) in [6, 6.07) is 12.6. The number of terminal acetylenes is 1. The molecule has 0 saturated carbocycles. The summed E-state index contributed by atoms with van der Waals surface area (Å²) in [5, 5.41) is 6.70. The number of hydrogen-bond donors (Lipinski definition) is 2. The van der Waals surface area contributed by atoms with E-state index in [1.807, 2.05) is 25.1 Å². The Bertz CT molecular complexity index is 822. The van der Waals surface area contributed by atoms with E-state index in [4.69, 9.17) is 11.6 Å². The van der Waals surface area contributed by atoms with Crippen LogP contribution in [-0.4, -0.2) is 25.5 Å². The van der Waals surface area contributed by atoms with Gasteiger partial charge in [-0.15, -0.1) is 12.3 Å². The second kappa shape index (κ2) is 17.0. The zero-order chi connectivity index (χ0) is 23.6. The Balaban J connectivity index is 0.000000848. The summed E-state index contributed by atoms with van der Waals surface area (Å²) in [5.74, 6) is 2.10. The van der Waals surface area contributed by atoms with Crippen molar-refractivity contribution < 1.29 is 4.79 Å². The molecule has 0 saturated heterocycles. The van der Waals surface area contributed by atoms with Crippen LogP contribution >= 0.6 is 11.6 Å². The topological polar surface area (TPSA) is 44.4 Å². The maximum atomic E-state index is 12.2. The number of aryl methyl sites for hydroxylation is 1. The third-order valence-electron chi connectivity index (χ3n) is 4.11. The van der Waals surface area contributed by atoms with Crippen molar-refractivity contribution >= 4 is 28.9 Å². The summed E-state index contributed by atoms with van der Waals surface area (Å²) in [5.41, 5.74) is 3.51. The average Bonchev–Trinajstić information content (AvgIpc) is 2.76. The Hall–Kier alpha value is -2.74. The van der Waals surface area contributed by atoms with Crippen LogP contribution in [0.25, 0.3) is 0 Å². The first-order chi connectivity index (χ1) is 14.9. The number of halogens is 1. The molecule has 4 nitrogen and oxygen atoms in total. The molecule has 1 amide bonds. The van der Waals surface area contributed by atoms with Crippen LogP contribution in [0.15, 0.2) is 55.2 Å². The molecule has 0 fully saturated rings. The Morgan fingerprint density at radius 1 is 1.19 bits per heavy atom. The van der Waals surface area contributed by atoms with E-state index in [9.17, 15) is 4.79 Å². The minimum absolute atomic E-state index is 0.153. The van der Waals surface area contributed by atoms with Crippen LogP contribution in [0.1, 0.15) is 50.0 Å². The molecular formula is C26H36ClN3O. The predicted molar refractivity (Wildman–Crippen MR) is 137 cm³/mol. The van der Waals surface area contributed by atoms with Gasteiger partial charge in [-0.3, -0.25) is 4.79 Å². The highest BCUT2D eigenvalue weighted by atomic mass is 35.5. The van der Waals surface area contributed by atoms with Crippen LogP contribution in [0.5, 0.6) is 0 Å². The largest absolute Gasteiger partial charge is 0.349 e. The molecule has 0 bridgehead atoms. The van der Waals surface area contributed by atoms with Gasteiger partial charge in [-0.25, -0.2) is 0 Å². The fourth-order valence-electron chi connectivity index (χ4n) is 2.61. The fraction of sp³-hybridized carbons (Fsp3) is 0.346. The van der Waals surface area contributed by atoms with Crippen LogP contribution in [0.4, 0.5) is 11.4 Å². The van der Waals surface area contributed by atoms with Crippen LogP contribution in [0, 0.1) is 19.3 Å². The van der Waals surface area contributed by atoms with Gasteiger partial charge in [0.2, 0.25) is 0 Å². The molecule has 2 rings (SSSR count). The molecule has 31 heavy (non-hydrogen) atoms. The number of anilines is 2. The van der Waals surface area contributed by atoms with Crippen molar-refractivity contribution in [2.45, 2.75) is 41.0 Å². The average molecular weight is 442 g/mol. The van der Waals surface area contributed by atoms with Crippen molar-refractivity contribution in [3.63, 3.8) is 0 Å². The van der Waals surface area contributed by atoms with Crippen molar-refractivity contribution in [2.24, 2.45) is 0 Å². The lowest BCUT2D eigenvalue weighted by molar-refractivity contribution is 0.102. The molecule has 2 aromatic carbocycles. The summed E-state index contributed by atoms with van der Waals surface area (Å²) in [6.07, 6.45) is 7.64. The van der Waals surface area contributed by atoms with Gasteiger partial charge in [0.1, 0.15) is 0 Å². The molecule has 0 aliphatic heterocycles. The molecule has 0 heterocycles. The van der Waals surface area contributed by atoms with E-state index in [1.165, 1.54) is 6.42 Å². The third-order valence-corrected chi connectivity index (χ3v) is 4.36. The molecule has 0 aliphatic rings. The molecule has 0 aliphatic carbocycles. The van der Waals surface area contributed by atoms with Gasteiger partial charge < -0.3 is 15.5 Å². The van der Waals surface area contributed by atoms with Crippen molar-refractivity contribution in [1.82, 2.24) is 5.32 Å². The van der Waals surface area contributed by atoms with Gasteiger partial charge in [0, 0.05) is 28.5 Å². The first-order valence-corrected chi connectivity index (χ1v) is 10.9. The van der Waals surface area contributed by atoms with Crippen molar-refractivity contribution in [1.29, 1.82) is 0 Å². The van der Waals surface area contributed by atoms with Gasteiger partial charge in [0.05, 0.1) is 0 Å². The predicted octanol–water partition coefficient (Wildman–Crippen LogP) is 6.52. The van der Waals surface area contributed by atoms with Gasteiger partial charge in [-0.05, 0) is 94.5 Å². The SMILES string of the molecule is C#CC.C=CN(CC)c1ccc(NC(=O)c2ccc(Cl)cc2)cc1C.CCCNCC. The van der Waals surface area contributed by atoms with Gasteiger partial charge in [0.25, 0.3) is 5.91 Å². The molecule has 0 unspecified atom stereocenters. The van der Waals surface area contributed by atoms with Crippen molar-refractivity contribution in [2.75, 3.05) is 29.9 Å². The number of carbonyl (C=O) groups excluding carboxylic acids is 1. The summed E-state index contributed by atoms with van der Waals surface area (Å²) in [4.78, 5) is 14.2. The molecule has 2 aromatic rings. The molecule has 0 spiro atoms. The Morgan fingerprint density at radius 3 is 2.23 bits per heavy atom. The van der Waals surface area contributed by atoms with E-state index in [0.29, 0.717) is 10.6 Å². The molecule has 0 atom stereocenters. The van der Waals surface area contributed by atoms with Gasteiger partial charge >= 0.3 is 0 Å². The maximum absolute atomic E-state index is 12.2. The number of carbonyl (C=O) groups is 1. The molecular weight excluding hydrogens is 406 g/mol. The highest BCUT2D eigenvalue weighted by molar-refractivity contribution is 6.30. The number of benzene rings is 2. The monoisotopic (exact) mass is 441 g/mol. The number of amides is 1. The van der Waals surface area contributed by atoms with Crippen LogP contribution in [0.2, 0.25) is 5.02 Å². The van der Waals surface area contributed by atoms with Crippen molar-refractivity contribution in [3.05, 3.63) is 71.4 Å². The van der Waals surface area contributed by atoms with E-state index in [1.54, 1.807) is 37.4 Å². The van der Waals surface area contributed by atoms with E-state index in [2.05, 4.69) is 55.2 Å². The minimum Gasteiger partial charge on any atom is -0.349 e. The van der Waals surface area contributed by atoms with Gasteiger partial charge in [0.15, 0.2) is 0 Å². The lowest BCUT2D eigenvalue weighted by atomic mass is 10.1. The fourth-order valence-corrected chi connectivity index (χ4v) is 2.74. The minimum atomic E-state index is -0.153. The summed E-state index contributed by atoms with van der Waals surface area (Å²) in [6.45, 7) is 17.0. The van der Waals surface area contributed by atoms with E-state index in [0.717, 1.165) is 36.6 Å². The quantitative estimate of drug-likeness (QED) is 0.362. The molecule has 5 heteroatoms.